The molecule has 2 heterocycles. The van der Waals surface area contributed by atoms with Gasteiger partial charge in [-0.1, -0.05) is 30.3 Å². The summed E-state index contributed by atoms with van der Waals surface area (Å²) in [6, 6.07) is 9.26. The number of hydrogen-bond donors (Lipinski definition) is 1. The molecule has 2 aromatic rings. The van der Waals surface area contributed by atoms with Gasteiger partial charge >= 0.3 is 6.18 Å². The molecule has 4 nitrogen and oxygen atoms in total. The van der Waals surface area contributed by atoms with Gasteiger partial charge < -0.3 is 10.1 Å². The first-order chi connectivity index (χ1) is 13.8. The van der Waals surface area contributed by atoms with Crippen LogP contribution in [-0.2, 0) is 17.6 Å². The van der Waals surface area contributed by atoms with E-state index in [1.54, 1.807) is 6.07 Å². The van der Waals surface area contributed by atoms with Crippen molar-refractivity contribution in [2.24, 2.45) is 4.99 Å². The Hall–Kier alpha value is -3.16. The highest BCUT2D eigenvalue weighted by molar-refractivity contribution is 6.12. The number of nitrogens with one attached hydrogen (secondary N) is 1. The minimum absolute atomic E-state index is 0.0793. The van der Waals surface area contributed by atoms with Gasteiger partial charge in [0.05, 0.1) is 12.1 Å². The molecule has 4 rings (SSSR count). The summed E-state index contributed by atoms with van der Waals surface area (Å²) < 4.78 is 59.1. The van der Waals surface area contributed by atoms with Crippen LogP contribution in [-0.4, -0.2) is 18.3 Å². The van der Waals surface area contributed by atoms with Crippen LogP contribution in [0.2, 0.25) is 0 Å². The van der Waals surface area contributed by atoms with Crippen LogP contribution in [0.1, 0.15) is 29.0 Å². The quantitative estimate of drug-likeness (QED) is 0.770. The number of ether oxygens (including phenoxy) is 1. The minimum atomic E-state index is -4.52. The molecule has 29 heavy (non-hydrogen) atoms. The lowest BCUT2D eigenvalue weighted by Crippen LogP contribution is -2.38. The lowest BCUT2D eigenvalue weighted by Gasteiger charge is -2.25. The Kier molecular flexibility index (Phi) is 4.86. The van der Waals surface area contributed by atoms with E-state index in [0.29, 0.717) is 17.9 Å². The summed E-state index contributed by atoms with van der Waals surface area (Å²) in [6.45, 7) is 0.0451. The first-order valence-electron chi connectivity index (χ1n) is 8.95. The molecule has 2 aromatic carbocycles. The molecule has 0 saturated carbocycles. The fraction of sp³-hybridized carbons (Fsp3) is 0.238. The SMILES string of the molecule is O=C1CC(c2ccc(OCc3ccccc3C(F)(F)F)c(F)c2)C2=CCN=C2N1. The second kappa shape index (κ2) is 7.35. The highest BCUT2D eigenvalue weighted by atomic mass is 19.4. The van der Waals surface area contributed by atoms with Gasteiger partial charge in [0.1, 0.15) is 12.4 Å². The number of piperidine rings is 1. The highest BCUT2D eigenvalue weighted by Crippen LogP contribution is 2.36. The van der Waals surface area contributed by atoms with E-state index in [4.69, 9.17) is 4.74 Å². The number of fused-ring (bicyclic) bond motifs is 1. The molecule has 1 unspecified atom stereocenters. The smallest absolute Gasteiger partial charge is 0.416 e. The van der Waals surface area contributed by atoms with Crippen LogP contribution >= 0.6 is 0 Å². The molecule has 8 heteroatoms. The fourth-order valence-electron chi connectivity index (χ4n) is 3.55. The third kappa shape index (κ3) is 3.87. The molecule has 0 aromatic heterocycles. The van der Waals surface area contributed by atoms with Crippen molar-refractivity contribution in [2.45, 2.75) is 25.1 Å². The van der Waals surface area contributed by atoms with E-state index in [1.807, 2.05) is 6.08 Å². The van der Waals surface area contributed by atoms with Crippen molar-refractivity contribution >= 4 is 11.7 Å². The van der Waals surface area contributed by atoms with Crippen LogP contribution in [0.25, 0.3) is 0 Å². The molecule has 1 fully saturated rings. The predicted octanol–water partition coefficient (Wildman–Crippen LogP) is 4.37. The van der Waals surface area contributed by atoms with Gasteiger partial charge in [-0.15, -0.1) is 0 Å². The summed E-state index contributed by atoms with van der Waals surface area (Å²) in [5.74, 6) is -0.858. The van der Waals surface area contributed by atoms with Crippen LogP contribution in [0.4, 0.5) is 17.6 Å². The molecule has 1 saturated heterocycles. The molecule has 2 aliphatic rings. The number of alkyl halides is 3. The Morgan fingerprint density at radius 1 is 1.17 bits per heavy atom. The number of carbonyl (C=O) groups is 1. The van der Waals surface area contributed by atoms with E-state index in [9.17, 15) is 22.4 Å². The molecular weight excluding hydrogens is 388 g/mol. The van der Waals surface area contributed by atoms with Crippen LogP contribution < -0.4 is 10.1 Å². The van der Waals surface area contributed by atoms with Crippen LogP contribution in [0.5, 0.6) is 5.75 Å². The maximum Gasteiger partial charge on any atom is 0.416 e. The summed E-state index contributed by atoms with van der Waals surface area (Å²) in [4.78, 5) is 16.1. The van der Waals surface area contributed by atoms with Crippen LogP contribution in [0, 0.1) is 5.82 Å². The summed E-state index contributed by atoms with van der Waals surface area (Å²) in [5.41, 5.74) is 0.535. The van der Waals surface area contributed by atoms with Crippen molar-refractivity contribution in [3.05, 3.63) is 76.6 Å². The van der Waals surface area contributed by atoms with Crippen molar-refractivity contribution in [3.8, 4) is 5.75 Å². The maximum atomic E-state index is 14.6. The average molecular weight is 404 g/mol. The Morgan fingerprint density at radius 2 is 1.97 bits per heavy atom. The summed E-state index contributed by atoms with van der Waals surface area (Å²) >= 11 is 0. The normalized spacial score (nSPS) is 18.6. The van der Waals surface area contributed by atoms with Crippen molar-refractivity contribution < 1.29 is 27.1 Å². The first-order valence-corrected chi connectivity index (χ1v) is 8.95. The van der Waals surface area contributed by atoms with Gasteiger partial charge in [-0.3, -0.25) is 9.79 Å². The van der Waals surface area contributed by atoms with E-state index in [-0.39, 0.29) is 29.6 Å². The Labute approximate surface area is 163 Å². The van der Waals surface area contributed by atoms with Crippen LogP contribution in [0.15, 0.2) is 59.1 Å². The van der Waals surface area contributed by atoms with Gasteiger partial charge in [0.25, 0.3) is 0 Å². The van der Waals surface area contributed by atoms with Crippen LogP contribution in [0.3, 0.4) is 0 Å². The lowest BCUT2D eigenvalue weighted by molar-refractivity contribution is -0.138. The number of carbonyl (C=O) groups excluding carboxylic acids is 1. The Morgan fingerprint density at radius 3 is 2.72 bits per heavy atom. The summed E-state index contributed by atoms with van der Waals surface area (Å²) in [5, 5.41) is 2.69. The van der Waals surface area contributed by atoms with Gasteiger partial charge in [-0.25, -0.2) is 4.39 Å². The number of amides is 1. The standard InChI is InChI=1S/C21H16F4N2O2/c22-17-9-12(15-10-19(28)27-20-14(15)7-8-26-20)5-6-18(17)29-11-13-3-1-2-4-16(13)21(23,24)25/h1-7,9,15H,8,10-11H2,(H,26,27,28). The largest absolute Gasteiger partial charge is 0.486 e. The third-order valence-corrected chi connectivity index (χ3v) is 4.92. The number of amidine groups is 1. The van der Waals surface area contributed by atoms with E-state index < -0.39 is 24.2 Å². The average Bonchev–Trinajstić information content (AvgIpc) is 3.14. The second-order valence-electron chi connectivity index (χ2n) is 6.79. The fourth-order valence-corrected chi connectivity index (χ4v) is 3.55. The molecular formula is C21H16F4N2O2. The Balaban J connectivity index is 1.53. The van der Waals surface area contributed by atoms with E-state index in [1.165, 1.54) is 30.3 Å². The van der Waals surface area contributed by atoms with Gasteiger partial charge in [0.15, 0.2) is 11.6 Å². The zero-order chi connectivity index (χ0) is 20.6. The number of hydrogen-bond acceptors (Lipinski definition) is 3. The zero-order valence-electron chi connectivity index (χ0n) is 15.1. The van der Waals surface area contributed by atoms with E-state index in [2.05, 4.69) is 10.3 Å². The highest BCUT2D eigenvalue weighted by Gasteiger charge is 2.34. The second-order valence-corrected chi connectivity index (χ2v) is 6.79. The Bertz CT molecular complexity index is 1030. The van der Waals surface area contributed by atoms with Gasteiger partial charge in [-0.2, -0.15) is 13.2 Å². The molecule has 0 spiro atoms. The molecule has 0 radical (unpaired) electrons. The molecule has 0 bridgehead atoms. The first kappa shape index (κ1) is 19.2. The molecule has 1 N–H and O–H groups in total. The molecule has 150 valence electrons. The van der Waals surface area contributed by atoms with E-state index >= 15 is 0 Å². The van der Waals surface area contributed by atoms with Gasteiger partial charge in [-0.05, 0) is 23.8 Å². The van der Waals surface area contributed by atoms with Crippen molar-refractivity contribution in [1.82, 2.24) is 5.32 Å². The predicted molar refractivity (Wildman–Crippen MR) is 98.1 cm³/mol. The maximum absolute atomic E-state index is 14.6. The topological polar surface area (TPSA) is 50.7 Å². The number of aliphatic imine (C=N–C) groups is 1. The number of nitrogens with zero attached hydrogens (tertiary/aromatic N) is 1. The molecule has 0 aliphatic carbocycles. The summed E-state index contributed by atoms with van der Waals surface area (Å²) in [6.07, 6.45) is -2.46. The lowest BCUT2D eigenvalue weighted by atomic mass is 9.85. The van der Waals surface area contributed by atoms with Crippen molar-refractivity contribution in [2.75, 3.05) is 6.54 Å². The van der Waals surface area contributed by atoms with Gasteiger partial charge in [0.2, 0.25) is 5.91 Å². The van der Waals surface area contributed by atoms with Gasteiger partial charge in [0, 0.05) is 23.5 Å². The van der Waals surface area contributed by atoms with E-state index in [0.717, 1.165) is 11.6 Å². The number of rotatable bonds is 4. The monoisotopic (exact) mass is 404 g/mol. The molecule has 1 amide bonds. The molecule has 1 atom stereocenters. The third-order valence-electron chi connectivity index (χ3n) is 4.92. The van der Waals surface area contributed by atoms with Crippen molar-refractivity contribution in [1.29, 1.82) is 0 Å². The summed E-state index contributed by atoms with van der Waals surface area (Å²) in [7, 11) is 0. The van der Waals surface area contributed by atoms with Crippen molar-refractivity contribution in [3.63, 3.8) is 0 Å². The number of halogens is 4. The minimum Gasteiger partial charge on any atom is -0.486 e. The number of benzene rings is 2. The molecule has 2 aliphatic heterocycles. The zero-order valence-corrected chi connectivity index (χ0v) is 15.1.